The molecule has 0 N–H and O–H groups in total. The van der Waals surface area contributed by atoms with E-state index in [0.717, 1.165) is 6.08 Å². The lowest BCUT2D eigenvalue weighted by Gasteiger charge is -2.34. The highest BCUT2D eigenvalue weighted by molar-refractivity contribution is 6.00. The Morgan fingerprint density at radius 3 is 1.64 bits per heavy atom. The van der Waals surface area contributed by atoms with Crippen LogP contribution in [0.25, 0.3) is 0 Å². The van der Waals surface area contributed by atoms with Gasteiger partial charge in [0.1, 0.15) is 39.8 Å². The summed E-state index contributed by atoms with van der Waals surface area (Å²) >= 11 is 0. The second-order valence-electron chi connectivity index (χ2n) is 12.7. The van der Waals surface area contributed by atoms with Crippen molar-refractivity contribution in [3.05, 3.63) is 96.1 Å². The number of carbonyl (C=O) groups is 4. The first-order valence-electron chi connectivity index (χ1n) is 14.4. The molecule has 0 saturated carbocycles. The Morgan fingerprint density at radius 2 is 1.16 bits per heavy atom. The van der Waals surface area contributed by atoms with E-state index < -0.39 is 29.1 Å². The molecule has 45 heavy (non-hydrogen) atoms. The number of benzene rings is 3. The fourth-order valence-corrected chi connectivity index (χ4v) is 4.66. The largest absolute Gasteiger partial charge is 0.488 e. The van der Waals surface area contributed by atoms with E-state index in [9.17, 15) is 19.2 Å². The molecule has 9 nitrogen and oxygen atoms in total. The third kappa shape index (κ3) is 10.6. The molecule has 0 aliphatic rings. The van der Waals surface area contributed by atoms with Crippen molar-refractivity contribution in [3.63, 3.8) is 0 Å². The Hall–Kier alpha value is -4.92. The van der Waals surface area contributed by atoms with Gasteiger partial charge in [0.25, 0.3) is 0 Å². The number of Topliss-reactive ketones (excluding diaryl/α,β-unsaturated/α-hetero) is 1. The van der Waals surface area contributed by atoms with E-state index in [1.807, 2.05) is 34.6 Å². The molecule has 3 rings (SSSR count). The van der Waals surface area contributed by atoms with E-state index in [1.165, 1.54) is 25.1 Å². The van der Waals surface area contributed by atoms with Gasteiger partial charge in [-0.05, 0) is 122 Å². The van der Waals surface area contributed by atoms with E-state index >= 15 is 0 Å². The Balaban J connectivity index is 1.66. The maximum Gasteiger partial charge on any atom is 0.343 e. The standard InChI is InChI=1S/C36H40O9/c1-10-31(38)45-36(8,9)22-35(6,7)44-27-17-13-24(14-18-27)32(39)41-28-19-20-30(29(21-28)23(2)37)42-33(40)25-11-15-26(16-12-25)43-34(3,4)5/h10-21H,1,22H2,2-9H3. The quantitative estimate of drug-likeness (QED) is 0.0880. The minimum atomic E-state index is -0.794. The molecule has 0 atom stereocenters. The van der Waals surface area contributed by atoms with Crippen LogP contribution in [0.4, 0.5) is 0 Å². The fourth-order valence-electron chi connectivity index (χ4n) is 4.66. The second kappa shape index (κ2) is 13.8. The maximum atomic E-state index is 12.9. The number of hydrogen-bond acceptors (Lipinski definition) is 9. The van der Waals surface area contributed by atoms with Crippen LogP contribution < -0.4 is 18.9 Å². The van der Waals surface area contributed by atoms with Gasteiger partial charge in [0, 0.05) is 12.5 Å². The smallest absolute Gasteiger partial charge is 0.343 e. The molecule has 0 heterocycles. The summed E-state index contributed by atoms with van der Waals surface area (Å²) in [5.74, 6) is -0.960. The van der Waals surface area contributed by atoms with Crippen LogP contribution in [-0.4, -0.2) is 40.5 Å². The van der Waals surface area contributed by atoms with Crippen LogP contribution in [0.1, 0.15) is 92.9 Å². The summed E-state index contributed by atoms with van der Waals surface area (Å²) in [4.78, 5) is 49.7. The number of carbonyl (C=O) groups excluding carboxylic acids is 4. The summed E-state index contributed by atoms with van der Waals surface area (Å²) in [5.41, 5.74) is -1.28. The van der Waals surface area contributed by atoms with E-state index in [1.54, 1.807) is 62.4 Å². The van der Waals surface area contributed by atoms with Crippen molar-refractivity contribution in [3.8, 4) is 23.0 Å². The van der Waals surface area contributed by atoms with Gasteiger partial charge in [-0.15, -0.1) is 0 Å². The summed E-state index contributed by atoms with van der Waals surface area (Å²) in [6, 6.07) is 17.0. The van der Waals surface area contributed by atoms with Crippen molar-refractivity contribution < 1.29 is 42.9 Å². The normalized spacial score (nSPS) is 11.6. The summed E-state index contributed by atoms with van der Waals surface area (Å²) < 4.78 is 28.3. The lowest BCUT2D eigenvalue weighted by molar-refractivity contribution is -0.154. The number of rotatable bonds is 12. The van der Waals surface area contributed by atoms with Crippen molar-refractivity contribution in [2.45, 2.75) is 78.6 Å². The zero-order chi connectivity index (χ0) is 33.6. The monoisotopic (exact) mass is 616 g/mol. The molecule has 0 aromatic heterocycles. The predicted octanol–water partition coefficient (Wildman–Crippen LogP) is 7.56. The SMILES string of the molecule is C=CC(=O)OC(C)(C)CC(C)(C)Oc1ccc(C(=O)Oc2ccc(OC(=O)c3ccc(OC(C)(C)C)cc3)c(C(C)=O)c2)cc1. The number of esters is 3. The Kier molecular flexibility index (Phi) is 10.6. The average Bonchev–Trinajstić information content (AvgIpc) is 2.92. The Bertz CT molecular complexity index is 1560. The lowest BCUT2D eigenvalue weighted by Crippen LogP contribution is -2.40. The molecule has 238 valence electrons. The summed E-state index contributed by atoms with van der Waals surface area (Å²) in [7, 11) is 0. The molecule has 0 unspecified atom stereocenters. The topological polar surface area (TPSA) is 114 Å². The van der Waals surface area contributed by atoms with E-state index in [4.69, 9.17) is 23.7 Å². The van der Waals surface area contributed by atoms with Crippen molar-refractivity contribution in [2.75, 3.05) is 0 Å². The van der Waals surface area contributed by atoms with Gasteiger partial charge in [0.2, 0.25) is 0 Å². The van der Waals surface area contributed by atoms with Crippen molar-refractivity contribution >= 4 is 23.7 Å². The highest BCUT2D eigenvalue weighted by Gasteiger charge is 2.33. The van der Waals surface area contributed by atoms with Gasteiger partial charge in [-0.1, -0.05) is 6.58 Å². The summed E-state index contributed by atoms with van der Waals surface area (Å²) in [6.07, 6.45) is 1.51. The van der Waals surface area contributed by atoms with Gasteiger partial charge >= 0.3 is 17.9 Å². The summed E-state index contributed by atoms with van der Waals surface area (Å²) in [6.45, 7) is 17.8. The molecular formula is C36H40O9. The van der Waals surface area contributed by atoms with Gasteiger partial charge in [-0.25, -0.2) is 14.4 Å². The van der Waals surface area contributed by atoms with Crippen molar-refractivity contribution in [2.24, 2.45) is 0 Å². The van der Waals surface area contributed by atoms with Crippen LogP contribution in [0.15, 0.2) is 79.4 Å². The highest BCUT2D eigenvalue weighted by atomic mass is 16.6. The van der Waals surface area contributed by atoms with Crippen LogP contribution >= 0.6 is 0 Å². The molecule has 0 radical (unpaired) electrons. The van der Waals surface area contributed by atoms with Crippen LogP contribution in [-0.2, 0) is 9.53 Å². The number of ether oxygens (including phenoxy) is 5. The number of hydrogen-bond donors (Lipinski definition) is 0. The van der Waals surface area contributed by atoms with E-state index in [0.29, 0.717) is 17.9 Å². The molecule has 0 fully saturated rings. The first-order valence-corrected chi connectivity index (χ1v) is 14.4. The molecular weight excluding hydrogens is 576 g/mol. The van der Waals surface area contributed by atoms with Crippen LogP contribution in [0, 0.1) is 0 Å². The maximum absolute atomic E-state index is 12.9. The zero-order valence-electron chi connectivity index (χ0n) is 27.0. The van der Waals surface area contributed by atoms with Gasteiger partial charge in [-0.2, -0.15) is 0 Å². The molecule has 0 spiro atoms. The molecule has 0 bridgehead atoms. The third-order valence-electron chi connectivity index (χ3n) is 6.14. The van der Waals surface area contributed by atoms with Gasteiger partial charge in [0.15, 0.2) is 5.78 Å². The van der Waals surface area contributed by atoms with Crippen LogP contribution in [0.5, 0.6) is 23.0 Å². The fraction of sp³-hybridized carbons (Fsp3) is 0.333. The van der Waals surface area contributed by atoms with Crippen LogP contribution in [0.2, 0.25) is 0 Å². The molecule has 3 aromatic rings. The lowest BCUT2D eigenvalue weighted by atomic mass is 9.92. The van der Waals surface area contributed by atoms with E-state index in [2.05, 4.69) is 6.58 Å². The van der Waals surface area contributed by atoms with Crippen molar-refractivity contribution in [1.82, 2.24) is 0 Å². The summed E-state index contributed by atoms with van der Waals surface area (Å²) in [5, 5.41) is 0. The third-order valence-corrected chi connectivity index (χ3v) is 6.14. The highest BCUT2D eigenvalue weighted by Crippen LogP contribution is 2.30. The molecule has 3 aromatic carbocycles. The minimum absolute atomic E-state index is 0.0360. The predicted molar refractivity (Wildman–Crippen MR) is 169 cm³/mol. The van der Waals surface area contributed by atoms with Crippen LogP contribution in [0.3, 0.4) is 0 Å². The first-order chi connectivity index (χ1) is 20.9. The Labute approximate surface area is 264 Å². The molecule has 0 aliphatic heterocycles. The molecule has 0 saturated heterocycles. The minimum Gasteiger partial charge on any atom is -0.488 e. The van der Waals surface area contributed by atoms with E-state index in [-0.39, 0.29) is 39.6 Å². The molecule has 0 aliphatic carbocycles. The molecule has 9 heteroatoms. The average molecular weight is 617 g/mol. The number of ketones is 1. The van der Waals surface area contributed by atoms with Gasteiger partial charge < -0.3 is 23.7 Å². The Morgan fingerprint density at radius 1 is 0.667 bits per heavy atom. The van der Waals surface area contributed by atoms with Gasteiger partial charge in [0.05, 0.1) is 16.7 Å². The van der Waals surface area contributed by atoms with Gasteiger partial charge in [-0.3, -0.25) is 4.79 Å². The van der Waals surface area contributed by atoms with Crippen molar-refractivity contribution in [1.29, 1.82) is 0 Å². The zero-order valence-corrected chi connectivity index (χ0v) is 27.0. The second-order valence-corrected chi connectivity index (χ2v) is 12.7. The molecule has 0 amide bonds. The first kappa shape index (κ1) is 34.6.